The molecule has 0 aliphatic heterocycles. The van der Waals surface area contributed by atoms with Crippen molar-refractivity contribution in [2.75, 3.05) is 16.0 Å². The van der Waals surface area contributed by atoms with Gasteiger partial charge in [-0.15, -0.1) is 0 Å². The van der Waals surface area contributed by atoms with Gasteiger partial charge in [-0.3, -0.25) is 14.4 Å². The monoisotopic (exact) mass is 481 g/mol. The first kappa shape index (κ1) is 24.0. The van der Waals surface area contributed by atoms with E-state index in [1.165, 1.54) is 13.8 Å². The lowest BCUT2D eigenvalue weighted by atomic mass is 10.1. The minimum atomic E-state index is -0.522. The molecule has 0 atom stereocenters. The van der Waals surface area contributed by atoms with Gasteiger partial charge >= 0.3 is 0 Å². The van der Waals surface area contributed by atoms with Crippen LogP contribution in [0.1, 0.15) is 44.9 Å². The van der Waals surface area contributed by atoms with Gasteiger partial charge in [-0.05, 0) is 86.6 Å². The lowest BCUT2D eigenvalue weighted by molar-refractivity contribution is 0.0995. The summed E-state index contributed by atoms with van der Waals surface area (Å²) in [5, 5.41) is 9.31. The summed E-state index contributed by atoms with van der Waals surface area (Å²) in [7, 11) is 0. The topological polar surface area (TPSA) is 152 Å². The predicted octanol–water partition coefficient (Wildman–Crippen LogP) is 4.61. The van der Waals surface area contributed by atoms with Crippen LogP contribution in [0.15, 0.2) is 72.8 Å². The number of nitrogens with one attached hydrogen (secondary N) is 3. The Morgan fingerprint density at radius 1 is 0.528 bits per heavy atom. The fourth-order valence-electron chi connectivity index (χ4n) is 3.23. The largest absolute Gasteiger partial charge is 0.366 e. The molecule has 0 bridgehead atoms. The Kier molecular flexibility index (Phi) is 6.96. The first-order valence-electron chi connectivity index (χ1n) is 11.0. The van der Waals surface area contributed by atoms with Crippen LogP contribution >= 0.6 is 0 Å². The molecule has 10 nitrogen and oxygen atoms in total. The maximum atomic E-state index is 11.6. The highest BCUT2D eigenvalue weighted by molar-refractivity contribution is 5.95. The van der Waals surface area contributed by atoms with Gasteiger partial charge in [-0.2, -0.15) is 15.0 Å². The van der Waals surface area contributed by atoms with Crippen molar-refractivity contribution >= 4 is 52.4 Å². The van der Waals surface area contributed by atoms with Gasteiger partial charge in [0, 0.05) is 33.8 Å². The van der Waals surface area contributed by atoms with Crippen LogP contribution in [0.2, 0.25) is 0 Å². The van der Waals surface area contributed by atoms with E-state index < -0.39 is 5.91 Å². The zero-order valence-electron chi connectivity index (χ0n) is 19.6. The first-order valence-corrected chi connectivity index (χ1v) is 11.0. The maximum absolute atomic E-state index is 11.6. The van der Waals surface area contributed by atoms with Crippen molar-refractivity contribution in [2.24, 2.45) is 5.73 Å². The number of hydrogen-bond acceptors (Lipinski definition) is 9. The van der Waals surface area contributed by atoms with Crippen LogP contribution in [0.25, 0.3) is 0 Å². The lowest BCUT2D eigenvalue weighted by Gasteiger charge is -2.12. The molecule has 180 valence electrons. The number of anilines is 6. The standard InChI is InChI=1S/C26H23N7O3/c1-15(34)17-3-9-20(10-4-17)28-24-31-25(29-21-11-5-18(6-12-21)16(2)35)33-26(32-24)30-22-13-7-19(8-14-22)23(27)36/h3-14H,1-2H3,(H2,27,36)(H3,28,29,30,31,32,33). The van der Waals surface area contributed by atoms with Crippen LogP contribution in [0.5, 0.6) is 0 Å². The van der Waals surface area contributed by atoms with Gasteiger partial charge in [-0.1, -0.05) is 0 Å². The van der Waals surface area contributed by atoms with Crippen LogP contribution in [0.4, 0.5) is 34.9 Å². The molecule has 1 amide bonds. The minimum Gasteiger partial charge on any atom is -0.366 e. The molecule has 1 heterocycles. The fraction of sp³-hybridized carbons (Fsp3) is 0.0769. The Morgan fingerprint density at radius 2 is 0.806 bits per heavy atom. The number of carbonyl (C=O) groups is 3. The molecule has 0 saturated heterocycles. The third kappa shape index (κ3) is 6.06. The number of primary amides is 1. The van der Waals surface area contributed by atoms with E-state index >= 15 is 0 Å². The first-order chi connectivity index (χ1) is 17.3. The summed E-state index contributed by atoms with van der Waals surface area (Å²) in [6.45, 7) is 3.01. The van der Waals surface area contributed by atoms with Crippen LogP contribution in [0.3, 0.4) is 0 Å². The van der Waals surface area contributed by atoms with E-state index in [1.54, 1.807) is 72.8 Å². The summed E-state index contributed by atoms with van der Waals surface area (Å²) in [6, 6.07) is 20.4. The van der Waals surface area contributed by atoms with Crippen LogP contribution < -0.4 is 21.7 Å². The molecule has 0 spiro atoms. The quantitative estimate of drug-likeness (QED) is 0.251. The zero-order valence-corrected chi connectivity index (χ0v) is 19.6. The van der Waals surface area contributed by atoms with E-state index in [4.69, 9.17) is 5.73 Å². The molecule has 0 radical (unpaired) electrons. The Balaban J connectivity index is 1.62. The summed E-state index contributed by atoms with van der Waals surface area (Å²) in [5.41, 5.74) is 8.87. The Labute approximate surface area is 207 Å². The second-order valence-corrected chi connectivity index (χ2v) is 7.89. The maximum Gasteiger partial charge on any atom is 0.248 e. The summed E-state index contributed by atoms with van der Waals surface area (Å²) in [5.74, 6) is 0.156. The van der Waals surface area contributed by atoms with Crippen LogP contribution in [-0.4, -0.2) is 32.4 Å². The molecule has 0 unspecified atom stereocenters. The predicted molar refractivity (Wildman–Crippen MR) is 138 cm³/mol. The Bertz CT molecular complexity index is 1230. The van der Waals surface area contributed by atoms with E-state index in [0.717, 1.165) is 0 Å². The number of ketones is 2. The molecule has 0 fully saturated rings. The van der Waals surface area contributed by atoms with Gasteiger partial charge in [0.05, 0.1) is 0 Å². The summed E-state index contributed by atoms with van der Waals surface area (Å²) < 4.78 is 0. The van der Waals surface area contributed by atoms with E-state index in [1.807, 2.05) is 0 Å². The van der Waals surface area contributed by atoms with Crippen molar-refractivity contribution in [3.05, 3.63) is 89.5 Å². The highest BCUT2D eigenvalue weighted by Gasteiger charge is 2.10. The number of amides is 1. The molecule has 0 aliphatic rings. The summed E-state index contributed by atoms with van der Waals surface area (Å²) in [4.78, 5) is 47.7. The molecular formula is C26H23N7O3. The average Bonchev–Trinajstić information content (AvgIpc) is 2.85. The molecule has 4 aromatic rings. The van der Waals surface area contributed by atoms with Gasteiger partial charge in [-0.25, -0.2) is 0 Å². The number of nitrogens with two attached hydrogens (primary N) is 1. The van der Waals surface area contributed by atoms with E-state index in [0.29, 0.717) is 33.8 Å². The van der Waals surface area contributed by atoms with Crippen molar-refractivity contribution in [3.63, 3.8) is 0 Å². The molecule has 1 aromatic heterocycles. The van der Waals surface area contributed by atoms with Gasteiger partial charge in [0.15, 0.2) is 11.6 Å². The number of carbonyl (C=O) groups excluding carboxylic acids is 3. The molecule has 0 aliphatic carbocycles. The molecular weight excluding hydrogens is 458 g/mol. The third-order valence-electron chi connectivity index (χ3n) is 5.16. The highest BCUT2D eigenvalue weighted by atomic mass is 16.1. The second kappa shape index (κ2) is 10.4. The van der Waals surface area contributed by atoms with E-state index in [-0.39, 0.29) is 29.4 Å². The van der Waals surface area contributed by atoms with Crippen molar-refractivity contribution in [1.29, 1.82) is 0 Å². The highest BCUT2D eigenvalue weighted by Crippen LogP contribution is 2.22. The van der Waals surface area contributed by atoms with Crippen molar-refractivity contribution in [2.45, 2.75) is 13.8 Å². The normalized spacial score (nSPS) is 10.4. The number of rotatable bonds is 9. The van der Waals surface area contributed by atoms with Gasteiger partial charge in [0.2, 0.25) is 23.8 Å². The zero-order chi connectivity index (χ0) is 25.7. The van der Waals surface area contributed by atoms with Crippen LogP contribution in [0, 0.1) is 0 Å². The molecule has 10 heteroatoms. The van der Waals surface area contributed by atoms with Crippen molar-refractivity contribution < 1.29 is 14.4 Å². The van der Waals surface area contributed by atoms with Crippen LogP contribution in [-0.2, 0) is 0 Å². The molecule has 4 rings (SSSR count). The number of benzene rings is 3. The van der Waals surface area contributed by atoms with Gasteiger partial charge in [0.25, 0.3) is 0 Å². The Hall–Kier alpha value is -5.12. The van der Waals surface area contributed by atoms with Crippen molar-refractivity contribution in [3.8, 4) is 0 Å². The van der Waals surface area contributed by atoms with Crippen molar-refractivity contribution in [1.82, 2.24) is 15.0 Å². The molecule has 0 saturated carbocycles. The lowest BCUT2D eigenvalue weighted by Crippen LogP contribution is -2.10. The molecule has 36 heavy (non-hydrogen) atoms. The van der Waals surface area contributed by atoms with Gasteiger partial charge in [0.1, 0.15) is 0 Å². The number of Topliss-reactive ketones (excluding diaryl/α,β-unsaturated/α-hetero) is 2. The average molecular weight is 482 g/mol. The number of hydrogen-bond donors (Lipinski definition) is 4. The van der Waals surface area contributed by atoms with Gasteiger partial charge < -0.3 is 21.7 Å². The number of aromatic nitrogens is 3. The minimum absolute atomic E-state index is 0.0298. The fourth-order valence-corrected chi connectivity index (χ4v) is 3.23. The molecule has 3 aromatic carbocycles. The number of nitrogens with zero attached hydrogens (tertiary/aromatic N) is 3. The third-order valence-corrected chi connectivity index (χ3v) is 5.16. The second-order valence-electron chi connectivity index (χ2n) is 7.89. The van der Waals surface area contributed by atoms with E-state index in [2.05, 4.69) is 30.9 Å². The Morgan fingerprint density at radius 3 is 1.06 bits per heavy atom. The summed E-state index contributed by atoms with van der Waals surface area (Å²) in [6.07, 6.45) is 0. The SMILES string of the molecule is CC(=O)c1ccc(Nc2nc(Nc3ccc(C(C)=O)cc3)nc(Nc3ccc(C(N)=O)cc3)n2)cc1. The smallest absolute Gasteiger partial charge is 0.248 e. The molecule has 5 N–H and O–H groups in total. The summed E-state index contributed by atoms with van der Waals surface area (Å²) >= 11 is 0. The van der Waals surface area contributed by atoms with E-state index in [9.17, 15) is 14.4 Å².